The summed E-state index contributed by atoms with van der Waals surface area (Å²) in [4.78, 5) is 13.0. The maximum Gasteiger partial charge on any atom is 0.246 e. The summed E-state index contributed by atoms with van der Waals surface area (Å²) in [5.74, 6) is 0.565. The fourth-order valence-corrected chi connectivity index (χ4v) is 3.12. The molecule has 0 radical (unpaired) electrons. The zero-order valence-corrected chi connectivity index (χ0v) is 15.1. The zero-order valence-electron chi connectivity index (χ0n) is 15.1. The number of benzene rings is 2. The molecule has 0 aliphatic carbocycles. The number of ether oxygens (including phenoxy) is 2. The Hall–Kier alpha value is -2.37. The van der Waals surface area contributed by atoms with E-state index in [1.165, 1.54) is 0 Å². The lowest BCUT2D eigenvalue weighted by Gasteiger charge is -2.21. The molecule has 2 aromatic carbocycles. The quantitative estimate of drug-likeness (QED) is 0.761. The molecule has 1 amide bonds. The highest BCUT2D eigenvalue weighted by atomic mass is 16.5. The average Bonchev–Trinajstić information content (AvgIpc) is 3.18. The number of amides is 1. The second kappa shape index (κ2) is 9.36. The van der Waals surface area contributed by atoms with Crippen molar-refractivity contribution in [2.24, 2.45) is 0 Å². The van der Waals surface area contributed by atoms with Crippen LogP contribution < -0.4 is 15.4 Å². The van der Waals surface area contributed by atoms with Gasteiger partial charge in [0.05, 0.1) is 18.4 Å². The first kappa shape index (κ1) is 18.4. The van der Waals surface area contributed by atoms with Crippen molar-refractivity contribution in [2.45, 2.75) is 31.9 Å². The fourth-order valence-electron chi connectivity index (χ4n) is 3.12. The number of carbonyl (C=O) groups is 1. The molecule has 1 fully saturated rings. The minimum Gasteiger partial charge on any atom is -0.492 e. The maximum absolute atomic E-state index is 13.0. The van der Waals surface area contributed by atoms with Gasteiger partial charge in [-0.2, -0.15) is 0 Å². The number of rotatable bonds is 8. The number of hydrogen-bond donors (Lipinski definition) is 2. The molecule has 1 aliphatic heterocycles. The van der Waals surface area contributed by atoms with E-state index in [9.17, 15) is 4.79 Å². The van der Waals surface area contributed by atoms with E-state index in [-0.39, 0.29) is 12.0 Å². The minimum atomic E-state index is -0.449. The van der Waals surface area contributed by atoms with E-state index in [4.69, 9.17) is 9.47 Å². The van der Waals surface area contributed by atoms with E-state index in [0.717, 1.165) is 25.0 Å². The van der Waals surface area contributed by atoms with Crippen LogP contribution in [-0.2, 0) is 9.53 Å². The Morgan fingerprint density at radius 2 is 1.96 bits per heavy atom. The molecule has 1 aliphatic rings. The SMILES string of the molecule is CCOc1ccccc1NC(=O)[C@H](NC[C@@H]1CCCO1)c1ccccc1. The molecule has 0 spiro atoms. The first-order valence-corrected chi connectivity index (χ1v) is 9.20. The van der Waals surface area contributed by atoms with Crippen molar-refractivity contribution in [1.29, 1.82) is 0 Å². The number of para-hydroxylation sites is 2. The summed E-state index contributed by atoms with van der Waals surface area (Å²) in [6, 6.07) is 16.8. The van der Waals surface area contributed by atoms with Gasteiger partial charge in [-0.25, -0.2) is 0 Å². The second-order valence-corrected chi connectivity index (χ2v) is 6.31. The lowest BCUT2D eigenvalue weighted by atomic mass is 10.1. The molecule has 2 atom stereocenters. The van der Waals surface area contributed by atoms with E-state index in [2.05, 4.69) is 10.6 Å². The minimum absolute atomic E-state index is 0.110. The van der Waals surface area contributed by atoms with Gasteiger partial charge in [-0.05, 0) is 37.5 Å². The van der Waals surface area contributed by atoms with Gasteiger partial charge in [0.15, 0.2) is 0 Å². The highest BCUT2D eigenvalue weighted by molar-refractivity contribution is 5.96. The van der Waals surface area contributed by atoms with Gasteiger partial charge in [0.25, 0.3) is 0 Å². The molecule has 0 saturated carbocycles. The molecule has 1 heterocycles. The van der Waals surface area contributed by atoms with Gasteiger partial charge >= 0.3 is 0 Å². The Balaban J connectivity index is 1.74. The molecule has 3 rings (SSSR count). The molecule has 0 unspecified atom stereocenters. The van der Waals surface area contributed by atoms with Gasteiger partial charge in [-0.15, -0.1) is 0 Å². The van der Waals surface area contributed by atoms with Gasteiger partial charge < -0.3 is 14.8 Å². The molecule has 0 bridgehead atoms. The van der Waals surface area contributed by atoms with Crippen molar-refractivity contribution in [3.05, 3.63) is 60.2 Å². The molecule has 1 saturated heterocycles. The number of anilines is 1. The van der Waals surface area contributed by atoms with Crippen molar-refractivity contribution in [3.63, 3.8) is 0 Å². The summed E-state index contributed by atoms with van der Waals surface area (Å²) in [6.45, 7) is 3.93. The number of carbonyl (C=O) groups excluding carboxylic acids is 1. The standard InChI is InChI=1S/C21H26N2O3/c1-2-25-19-13-7-6-12-18(19)23-21(24)20(16-9-4-3-5-10-16)22-15-17-11-8-14-26-17/h3-7,9-10,12-13,17,20,22H,2,8,11,14-15H2,1H3,(H,23,24)/t17-,20+/m0/s1. The molecule has 5 heteroatoms. The van der Waals surface area contributed by atoms with Crippen LogP contribution in [-0.4, -0.2) is 31.8 Å². The largest absolute Gasteiger partial charge is 0.492 e. The van der Waals surface area contributed by atoms with Crippen molar-refractivity contribution in [3.8, 4) is 5.75 Å². The molecule has 5 nitrogen and oxygen atoms in total. The molecule has 138 valence electrons. The third-order valence-electron chi connectivity index (χ3n) is 4.41. The van der Waals surface area contributed by atoms with E-state index in [1.807, 2.05) is 61.5 Å². The molecule has 2 aromatic rings. The first-order chi connectivity index (χ1) is 12.8. The Labute approximate surface area is 154 Å². The monoisotopic (exact) mass is 354 g/mol. The van der Waals surface area contributed by atoms with Crippen LogP contribution in [0.3, 0.4) is 0 Å². The Bertz CT molecular complexity index is 699. The fraction of sp³-hybridized carbons (Fsp3) is 0.381. The van der Waals surface area contributed by atoms with Crippen LogP contribution in [0.15, 0.2) is 54.6 Å². The van der Waals surface area contributed by atoms with Crippen LogP contribution in [0.4, 0.5) is 5.69 Å². The van der Waals surface area contributed by atoms with Crippen LogP contribution in [0, 0.1) is 0 Å². The third-order valence-corrected chi connectivity index (χ3v) is 4.41. The van der Waals surface area contributed by atoms with Gasteiger partial charge in [-0.3, -0.25) is 10.1 Å². The molecular weight excluding hydrogens is 328 g/mol. The van der Waals surface area contributed by atoms with E-state index >= 15 is 0 Å². The normalized spacial score (nSPS) is 17.7. The Morgan fingerprint density at radius 1 is 1.19 bits per heavy atom. The van der Waals surface area contributed by atoms with Crippen LogP contribution >= 0.6 is 0 Å². The number of hydrogen-bond acceptors (Lipinski definition) is 4. The van der Waals surface area contributed by atoms with Crippen molar-refractivity contribution >= 4 is 11.6 Å². The Morgan fingerprint density at radius 3 is 2.69 bits per heavy atom. The summed E-state index contributed by atoms with van der Waals surface area (Å²) >= 11 is 0. The first-order valence-electron chi connectivity index (χ1n) is 9.20. The van der Waals surface area contributed by atoms with Gasteiger partial charge in [0.1, 0.15) is 11.8 Å². The topological polar surface area (TPSA) is 59.6 Å². The summed E-state index contributed by atoms with van der Waals surface area (Å²) in [5, 5.41) is 6.37. The molecular formula is C21H26N2O3. The van der Waals surface area contributed by atoms with E-state index in [1.54, 1.807) is 0 Å². The van der Waals surface area contributed by atoms with E-state index in [0.29, 0.717) is 24.6 Å². The van der Waals surface area contributed by atoms with Gasteiger partial charge in [0, 0.05) is 13.2 Å². The smallest absolute Gasteiger partial charge is 0.246 e. The molecule has 0 aromatic heterocycles. The summed E-state index contributed by atoms with van der Waals surface area (Å²) < 4.78 is 11.3. The lowest BCUT2D eigenvalue weighted by molar-refractivity contribution is -0.118. The van der Waals surface area contributed by atoms with Gasteiger partial charge in [-0.1, -0.05) is 42.5 Å². The summed E-state index contributed by atoms with van der Waals surface area (Å²) in [7, 11) is 0. The predicted molar refractivity (Wildman–Crippen MR) is 102 cm³/mol. The van der Waals surface area contributed by atoms with Gasteiger partial charge in [0.2, 0.25) is 5.91 Å². The van der Waals surface area contributed by atoms with Crippen LogP contribution in [0.25, 0.3) is 0 Å². The van der Waals surface area contributed by atoms with Crippen LogP contribution in [0.1, 0.15) is 31.4 Å². The average molecular weight is 354 g/mol. The lowest BCUT2D eigenvalue weighted by Crippen LogP contribution is -2.37. The predicted octanol–water partition coefficient (Wildman–Crippen LogP) is 3.53. The molecule has 26 heavy (non-hydrogen) atoms. The third kappa shape index (κ3) is 4.84. The zero-order chi connectivity index (χ0) is 18.2. The van der Waals surface area contributed by atoms with Crippen molar-refractivity contribution in [2.75, 3.05) is 25.1 Å². The maximum atomic E-state index is 13.0. The number of nitrogens with one attached hydrogen (secondary N) is 2. The van der Waals surface area contributed by atoms with E-state index < -0.39 is 6.04 Å². The van der Waals surface area contributed by atoms with Crippen LogP contribution in [0.5, 0.6) is 5.75 Å². The highest BCUT2D eigenvalue weighted by Crippen LogP contribution is 2.25. The Kier molecular flexibility index (Phi) is 6.63. The highest BCUT2D eigenvalue weighted by Gasteiger charge is 2.24. The van der Waals surface area contributed by atoms with Crippen molar-refractivity contribution < 1.29 is 14.3 Å². The van der Waals surface area contributed by atoms with Crippen molar-refractivity contribution in [1.82, 2.24) is 5.32 Å². The molecule has 2 N–H and O–H groups in total. The summed E-state index contributed by atoms with van der Waals surface area (Å²) in [5.41, 5.74) is 1.61. The van der Waals surface area contributed by atoms with Crippen LogP contribution in [0.2, 0.25) is 0 Å². The summed E-state index contributed by atoms with van der Waals surface area (Å²) in [6.07, 6.45) is 2.28. The second-order valence-electron chi connectivity index (χ2n) is 6.31.